The molecule has 2 bridgehead atoms. The molecule has 3 rings (SSSR count). The zero-order valence-corrected chi connectivity index (χ0v) is 13.0. The highest BCUT2D eigenvalue weighted by Gasteiger charge is 2.44. The number of aliphatic carboxylic acids is 1. The third-order valence-electron chi connectivity index (χ3n) is 4.28. The SMILES string of the molecule is COC1CC2CC1CN2Cc1cnn(C)c1.O=C(O)C(F)(F)F. The standard InChI is InChI=1S/C12H19N3O.C2HF3O2/c1-14-6-9(5-13-14)7-15-8-10-3-11(15)4-12(10)16-2;3-2(4,5)1(6)7/h5-6,10-12H,3-4,7-8H2,1-2H3;(H,6,7). The number of carboxylic acid groups (broad SMARTS) is 1. The van der Waals surface area contributed by atoms with Crippen molar-refractivity contribution >= 4 is 5.97 Å². The van der Waals surface area contributed by atoms with E-state index in [9.17, 15) is 13.2 Å². The largest absolute Gasteiger partial charge is 0.490 e. The molecule has 1 aromatic rings. The number of piperidine rings is 1. The van der Waals surface area contributed by atoms with Crippen LogP contribution >= 0.6 is 0 Å². The van der Waals surface area contributed by atoms with Crippen molar-refractivity contribution in [3.63, 3.8) is 0 Å². The van der Waals surface area contributed by atoms with Crippen molar-refractivity contribution in [2.75, 3.05) is 13.7 Å². The fourth-order valence-corrected chi connectivity index (χ4v) is 3.27. The van der Waals surface area contributed by atoms with E-state index >= 15 is 0 Å². The van der Waals surface area contributed by atoms with Crippen LogP contribution in [-0.4, -0.2) is 57.7 Å². The maximum absolute atomic E-state index is 10.6. The van der Waals surface area contributed by atoms with Gasteiger partial charge in [0.15, 0.2) is 0 Å². The summed E-state index contributed by atoms with van der Waals surface area (Å²) in [5.41, 5.74) is 1.32. The summed E-state index contributed by atoms with van der Waals surface area (Å²) in [4.78, 5) is 11.5. The molecule has 1 aromatic heterocycles. The maximum atomic E-state index is 10.6. The second-order valence-corrected chi connectivity index (χ2v) is 5.91. The minimum Gasteiger partial charge on any atom is -0.475 e. The van der Waals surface area contributed by atoms with E-state index in [4.69, 9.17) is 14.6 Å². The summed E-state index contributed by atoms with van der Waals surface area (Å²) < 4.78 is 39.1. The van der Waals surface area contributed by atoms with Crippen molar-refractivity contribution in [3.05, 3.63) is 18.0 Å². The van der Waals surface area contributed by atoms with Crippen LogP contribution in [0.1, 0.15) is 18.4 Å². The molecule has 6 nitrogen and oxygen atoms in total. The average Bonchev–Trinajstić information content (AvgIpc) is 3.14. The lowest BCUT2D eigenvalue weighted by Crippen LogP contribution is -2.37. The Morgan fingerprint density at radius 1 is 1.48 bits per heavy atom. The Kier molecular flexibility index (Phi) is 5.30. The van der Waals surface area contributed by atoms with Crippen LogP contribution in [0.5, 0.6) is 0 Å². The molecule has 2 fully saturated rings. The number of alkyl halides is 3. The van der Waals surface area contributed by atoms with Gasteiger partial charge in [-0.2, -0.15) is 18.3 Å². The van der Waals surface area contributed by atoms with E-state index in [1.54, 1.807) is 0 Å². The molecule has 1 aliphatic heterocycles. The van der Waals surface area contributed by atoms with Gasteiger partial charge >= 0.3 is 12.1 Å². The van der Waals surface area contributed by atoms with Gasteiger partial charge in [-0.15, -0.1) is 0 Å². The van der Waals surface area contributed by atoms with E-state index in [0.717, 1.165) is 18.5 Å². The van der Waals surface area contributed by atoms with Gasteiger partial charge in [0, 0.05) is 45.0 Å². The molecule has 3 atom stereocenters. The number of hydrogen-bond donors (Lipinski definition) is 1. The zero-order chi connectivity index (χ0) is 17.2. The molecule has 2 heterocycles. The van der Waals surface area contributed by atoms with Crippen molar-refractivity contribution in [3.8, 4) is 0 Å². The van der Waals surface area contributed by atoms with Crippen LogP contribution in [0.15, 0.2) is 12.4 Å². The number of carboxylic acids is 1. The molecule has 0 aromatic carbocycles. The van der Waals surface area contributed by atoms with Crippen LogP contribution in [0.2, 0.25) is 0 Å². The summed E-state index contributed by atoms with van der Waals surface area (Å²) in [7, 11) is 3.82. The Hall–Kier alpha value is -1.61. The molecule has 2 aliphatic rings. The van der Waals surface area contributed by atoms with E-state index in [2.05, 4.69) is 16.2 Å². The Bertz CT molecular complexity index is 547. The second-order valence-electron chi connectivity index (χ2n) is 5.91. The number of nitrogens with zero attached hydrogens (tertiary/aromatic N) is 3. The molecule has 1 aliphatic carbocycles. The predicted octanol–water partition coefficient (Wildman–Crippen LogP) is 1.66. The molecular formula is C14H20F3N3O3. The van der Waals surface area contributed by atoms with Gasteiger partial charge in [-0.3, -0.25) is 9.58 Å². The van der Waals surface area contributed by atoms with E-state index in [1.807, 2.05) is 25.0 Å². The number of aromatic nitrogens is 2. The van der Waals surface area contributed by atoms with Crippen LogP contribution in [0.3, 0.4) is 0 Å². The lowest BCUT2D eigenvalue weighted by Gasteiger charge is -2.30. The first-order valence-corrected chi connectivity index (χ1v) is 7.25. The lowest BCUT2D eigenvalue weighted by molar-refractivity contribution is -0.192. The number of ether oxygens (including phenoxy) is 1. The molecule has 1 N–H and O–H groups in total. The number of hydrogen-bond acceptors (Lipinski definition) is 4. The summed E-state index contributed by atoms with van der Waals surface area (Å²) in [5, 5.41) is 11.3. The van der Waals surface area contributed by atoms with Crippen molar-refractivity contribution in [1.82, 2.24) is 14.7 Å². The number of rotatable bonds is 3. The summed E-state index contributed by atoms with van der Waals surface area (Å²) in [6, 6.07) is 0.732. The Morgan fingerprint density at radius 2 is 2.13 bits per heavy atom. The van der Waals surface area contributed by atoms with E-state index in [-0.39, 0.29) is 0 Å². The molecule has 0 amide bonds. The highest BCUT2D eigenvalue weighted by molar-refractivity contribution is 5.73. The van der Waals surface area contributed by atoms with Gasteiger partial charge in [-0.25, -0.2) is 4.79 Å². The number of carbonyl (C=O) groups is 1. The molecular weight excluding hydrogens is 315 g/mol. The van der Waals surface area contributed by atoms with Crippen LogP contribution in [0.25, 0.3) is 0 Å². The maximum Gasteiger partial charge on any atom is 0.490 e. The fourth-order valence-electron chi connectivity index (χ4n) is 3.27. The smallest absolute Gasteiger partial charge is 0.475 e. The van der Waals surface area contributed by atoms with E-state index < -0.39 is 12.1 Å². The topological polar surface area (TPSA) is 67.6 Å². The molecule has 0 spiro atoms. The number of fused-ring (bicyclic) bond motifs is 2. The molecule has 1 saturated carbocycles. The lowest BCUT2D eigenvalue weighted by atomic mass is 10.1. The summed E-state index contributed by atoms with van der Waals surface area (Å²) in [5.74, 6) is -2.00. The zero-order valence-electron chi connectivity index (χ0n) is 13.0. The van der Waals surface area contributed by atoms with Gasteiger partial charge in [0.05, 0.1) is 12.3 Å². The minimum absolute atomic E-state index is 0.509. The molecule has 23 heavy (non-hydrogen) atoms. The predicted molar refractivity (Wildman–Crippen MR) is 74.6 cm³/mol. The summed E-state index contributed by atoms with van der Waals surface area (Å²) >= 11 is 0. The third kappa shape index (κ3) is 4.44. The monoisotopic (exact) mass is 335 g/mol. The molecule has 0 radical (unpaired) electrons. The molecule has 1 saturated heterocycles. The van der Waals surface area contributed by atoms with Gasteiger partial charge < -0.3 is 9.84 Å². The van der Waals surface area contributed by atoms with E-state index in [0.29, 0.717) is 6.10 Å². The summed E-state index contributed by atoms with van der Waals surface area (Å²) in [6.45, 7) is 2.24. The van der Waals surface area contributed by atoms with Crippen molar-refractivity contribution < 1.29 is 27.8 Å². The number of halogens is 3. The molecule has 3 unspecified atom stereocenters. The van der Waals surface area contributed by atoms with Gasteiger partial charge in [0.1, 0.15) is 0 Å². The number of methoxy groups -OCH3 is 1. The van der Waals surface area contributed by atoms with Crippen LogP contribution in [-0.2, 0) is 23.1 Å². The first kappa shape index (κ1) is 17.7. The Balaban J connectivity index is 0.000000236. The molecule has 9 heteroatoms. The highest BCUT2D eigenvalue weighted by atomic mass is 19.4. The number of likely N-dealkylation sites (tertiary alicyclic amines) is 1. The normalized spacial score (nSPS) is 26.9. The van der Waals surface area contributed by atoms with Crippen LogP contribution < -0.4 is 0 Å². The van der Waals surface area contributed by atoms with Gasteiger partial charge in [0.2, 0.25) is 0 Å². The fraction of sp³-hybridized carbons (Fsp3) is 0.714. The van der Waals surface area contributed by atoms with Crippen molar-refractivity contribution in [1.29, 1.82) is 0 Å². The van der Waals surface area contributed by atoms with Crippen molar-refractivity contribution in [2.24, 2.45) is 13.0 Å². The van der Waals surface area contributed by atoms with Crippen molar-refractivity contribution in [2.45, 2.75) is 37.7 Å². The minimum atomic E-state index is -5.08. The van der Waals surface area contributed by atoms with Gasteiger partial charge in [-0.05, 0) is 18.8 Å². The average molecular weight is 335 g/mol. The van der Waals surface area contributed by atoms with E-state index in [1.165, 1.54) is 24.9 Å². The van der Waals surface area contributed by atoms with Crippen LogP contribution in [0, 0.1) is 5.92 Å². The van der Waals surface area contributed by atoms with Gasteiger partial charge in [0.25, 0.3) is 0 Å². The van der Waals surface area contributed by atoms with Crippen LogP contribution in [0.4, 0.5) is 13.2 Å². The first-order chi connectivity index (χ1) is 10.7. The number of aryl methyl sites for hydroxylation is 1. The van der Waals surface area contributed by atoms with Gasteiger partial charge in [-0.1, -0.05) is 0 Å². The molecule has 130 valence electrons. The summed E-state index contributed by atoms with van der Waals surface area (Å²) in [6.07, 6.45) is 2.04. The quantitative estimate of drug-likeness (QED) is 0.910. The Morgan fingerprint density at radius 3 is 2.52 bits per heavy atom. The first-order valence-electron chi connectivity index (χ1n) is 7.25. The highest BCUT2D eigenvalue weighted by Crippen LogP contribution is 2.39. The third-order valence-corrected chi connectivity index (χ3v) is 4.28. The second kappa shape index (κ2) is 6.88. The Labute approximate surface area is 131 Å².